The summed E-state index contributed by atoms with van der Waals surface area (Å²) in [6.07, 6.45) is 45.3. The zero-order valence-electron chi connectivity index (χ0n) is 32.4. The summed E-state index contributed by atoms with van der Waals surface area (Å²) in [4.78, 5) is 12.4. The fourth-order valence-electron chi connectivity index (χ4n) is 6.71. The fourth-order valence-corrected chi connectivity index (χ4v) is 6.71. The summed E-state index contributed by atoms with van der Waals surface area (Å²) >= 11 is 0. The second-order valence-corrected chi connectivity index (χ2v) is 14.9. The second kappa shape index (κ2) is 38.9. The van der Waals surface area contributed by atoms with E-state index in [1.54, 1.807) is 6.08 Å². The van der Waals surface area contributed by atoms with E-state index in [1.807, 2.05) is 6.08 Å². The molecular weight excluding hydrogens is 594 g/mol. The molecule has 4 N–H and O–H groups in total. The standard InChI is InChI=1S/C43H85NO4/c1-3-5-7-9-11-13-15-17-18-19-20-21-22-23-24-26-28-30-32-34-36-38-42(47)43(48)44-40(39-45)41(46)37-35-33-31-29-27-25-16-14-12-10-8-6-4-2/h35,37,40-42,45-47H,3-34,36,38-39H2,1-2H3,(H,44,48)/b37-35+/t40-,41+,42?/m0/s1. The van der Waals surface area contributed by atoms with Crippen LogP contribution in [0.3, 0.4) is 0 Å². The lowest BCUT2D eigenvalue weighted by atomic mass is 10.0. The van der Waals surface area contributed by atoms with Crippen molar-refractivity contribution in [2.24, 2.45) is 0 Å². The molecule has 0 rings (SSSR count). The van der Waals surface area contributed by atoms with Crippen LogP contribution in [0.5, 0.6) is 0 Å². The minimum atomic E-state index is -1.09. The van der Waals surface area contributed by atoms with Gasteiger partial charge in [0.2, 0.25) is 5.91 Å². The number of allylic oxidation sites excluding steroid dienone is 1. The highest BCUT2D eigenvalue weighted by Gasteiger charge is 2.22. The molecule has 5 heteroatoms. The lowest BCUT2D eigenvalue weighted by Gasteiger charge is -2.21. The Morgan fingerprint density at radius 1 is 0.500 bits per heavy atom. The number of aliphatic hydroxyl groups excluding tert-OH is 3. The number of hydrogen-bond acceptors (Lipinski definition) is 4. The van der Waals surface area contributed by atoms with E-state index < -0.39 is 24.2 Å². The van der Waals surface area contributed by atoms with Crippen molar-refractivity contribution in [1.82, 2.24) is 5.32 Å². The number of amides is 1. The summed E-state index contributed by atoms with van der Waals surface area (Å²) in [5.74, 6) is -0.500. The predicted molar refractivity (Wildman–Crippen MR) is 208 cm³/mol. The van der Waals surface area contributed by atoms with Gasteiger partial charge in [-0.05, 0) is 19.3 Å². The number of rotatable bonds is 39. The largest absolute Gasteiger partial charge is 0.394 e. The minimum absolute atomic E-state index is 0.359. The van der Waals surface area contributed by atoms with Crippen LogP contribution in [0.15, 0.2) is 12.2 Å². The quantitative estimate of drug-likeness (QED) is 0.0384. The van der Waals surface area contributed by atoms with Gasteiger partial charge in [-0.25, -0.2) is 0 Å². The maximum atomic E-state index is 12.4. The molecule has 0 aliphatic rings. The van der Waals surface area contributed by atoms with Crippen LogP contribution >= 0.6 is 0 Å². The molecular formula is C43H85NO4. The molecule has 0 aliphatic carbocycles. The van der Waals surface area contributed by atoms with Gasteiger partial charge in [0.1, 0.15) is 6.10 Å². The molecule has 0 aromatic rings. The minimum Gasteiger partial charge on any atom is -0.394 e. The van der Waals surface area contributed by atoms with Gasteiger partial charge in [-0.3, -0.25) is 4.79 Å². The van der Waals surface area contributed by atoms with Gasteiger partial charge in [-0.15, -0.1) is 0 Å². The van der Waals surface area contributed by atoms with Crippen LogP contribution in [-0.2, 0) is 4.79 Å². The molecule has 1 unspecified atom stereocenters. The third-order valence-corrected chi connectivity index (χ3v) is 10.1. The van der Waals surface area contributed by atoms with Crippen LogP contribution in [0.25, 0.3) is 0 Å². The zero-order chi connectivity index (χ0) is 35.2. The van der Waals surface area contributed by atoms with Crippen LogP contribution in [0.4, 0.5) is 0 Å². The Labute approximate surface area is 299 Å². The molecule has 3 atom stereocenters. The first-order chi connectivity index (χ1) is 23.6. The molecule has 0 fully saturated rings. The van der Waals surface area contributed by atoms with E-state index in [2.05, 4.69) is 19.2 Å². The van der Waals surface area contributed by atoms with E-state index in [0.717, 1.165) is 32.1 Å². The lowest BCUT2D eigenvalue weighted by Crippen LogP contribution is -2.48. The number of unbranched alkanes of at least 4 members (excludes halogenated alkanes) is 31. The summed E-state index contributed by atoms with van der Waals surface area (Å²) in [6, 6.07) is -0.791. The number of aliphatic hydroxyl groups is 3. The molecule has 0 aromatic heterocycles. The Kier molecular flexibility index (Phi) is 38.1. The van der Waals surface area contributed by atoms with Gasteiger partial charge in [0, 0.05) is 0 Å². The molecule has 48 heavy (non-hydrogen) atoms. The average Bonchev–Trinajstić information content (AvgIpc) is 3.09. The molecule has 0 saturated carbocycles. The van der Waals surface area contributed by atoms with E-state index in [9.17, 15) is 20.1 Å². The van der Waals surface area contributed by atoms with Gasteiger partial charge < -0.3 is 20.6 Å². The highest BCUT2D eigenvalue weighted by atomic mass is 16.3. The number of hydrogen-bond donors (Lipinski definition) is 4. The van der Waals surface area contributed by atoms with Gasteiger partial charge in [0.05, 0.1) is 18.8 Å². The average molecular weight is 680 g/mol. The van der Waals surface area contributed by atoms with Gasteiger partial charge >= 0.3 is 0 Å². The molecule has 0 heterocycles. The third-order valence-electron chi connectivity index (χ3n) is 10.1. The Morgan fingerprint density at radius 3 is 1.15 bits per heavy atom. The van der Waals surface area contributed by atoms with Gasteiger partial charge in [0.25, 0.3) is 0 Å². The maximum Gasteiger partial charge on any atom is 0.249 e. The number of carbonyl (C=O) groups excluding carboxylic acids is 1. The first-order valence-electron chi connectivity index (χ1n) is 21.5. The van der Waals surface area contributed by atoms with Crippen LogP contribution in [0.2, 0.25) is 0 Å². The van der Waals surface area contributed by atoms with Gasteiger partial charge in [0.15, 0.2) is 0 Å². The summed E-state index contributed by atoms with van der Waals surface area (Å²) in [7, 11) is 0. The van der Waals surface area contributed by atoms with Crippen LogP contribution in [-0.4, -0.2) is 46.1 Å². The van der Waals surface area contributed by atoms with Crippen LogP contribution in [0.1, 0.15) is 232 Å². The van der Waals surface area contributed by atoms with Crippen molar-refractivity contribution in [2.75, 3.05) is 6.61 Å². The predicted octanol–water partition coefficient (Wildman–Crippen LogP) is 12.0. The molecule has 0 spiro atoms. The van der Waals surface area contributed by atoms with Crippen molar-refractivity contribution in [3.8, 4) is 0 Å². The number of carbonyl (C=O) groups is 1. The van der Waals surface area contributed by atoms with Crippen molar-refractivity contribution < 1.29 is 20.1 Å². The Morgan fingerprint density at radius 2 is 0.812 bits per heavy atom. The van der Waals surface area contributed by atoms with Crippen LogP contribution in [0, 0.1) is 0 Å². The molecule has 5 nitrogen and oxygen atoms in total. The molecule has 0 aliphatic heterocycles. The molecule has 1 amide bonds. The fraction of sp³-hybridized carbons (Fsp3) is 0.930. The highest BCUT2D eigenvalue weighted by molar-refractivity contribution is 5.80. The van der Waals surface area contributed by atoms with E-state index in [4.69, 9.17) is 0 Å². The van der Waals surface area contributed by atoms with Gasteiger partial charge in [-0.2, -0.15) is 0 Å². The maximum absolute atomic E-state index is 12.4. The Bertz CT molecular complexity index is 669. The summed E-state index contributed by atoms with van der Waals surface area (Å²) in [5, 5.41) is 33.1. The summed E-state index contributed by atoms with van der Waals surface area (Å²) in [5.41, 5.74) is 0. The van der Waals surface area contributed by atoms with Gasteiger partial charge in [-0.1, -0.05) is 225 Å². The molecule has 0 bridgehead atoms. The Balaban J connectivity index is 3.61. The normalized spacial score (nSPS) is 13.7. The van der Waals surface area contributed by atoms with Crippen molar-refractivity contribution >= 4 is 5.91 Å². The number of nitrogens with one attached hydrogen (secondary N) is 1. The van der Waals surface area contributed by atoms with Crippen molar-refractivity contribution in [2.45, 2.75) is 250 Å². The lowest BCUT2D eigenvalue weighted by molar-refractivity contribution is -0.131. The SMILES string of the molecule is CCCCCCCCCCCCC/C=C/[C@@H](O)[C@H](CO)NC(=O)C(O)CCCCCCCCCCCCCCCCCCCCCCC. The smallest absolute Gasteiger partial charge is 0.249 e. The van der Waals surface area contributed by atoms with Crippen molar-refractivity contribution in [3.05, 3.63) is 12.2 Å². The first-order valence-corrected chi connectivity index (χ1v) is 21.5. The molecule has 0 saturated heterocycles. The van der Waals surface area contributed by atoms with E-state index in [0.29, 0.717) is 6.42 Å². The van der Waals surface area contributed by atoms with Crippen molar-refractivity contribution in [3.63, 3.8) is 0 Å². The molecule has 0 aromatic carbocycles. The monoisotopic (exact) mass is 680 g/mol. The zero-order valence-corrected chi connectivity index (χ0v) is 32.4. The highest BCUT2D eigenvalue weighted by Crippen LogP contribution is 2.16. The molecule has 0 radical (unpaired) electrons. The van der Waals surface area contributed by atoms with E-state index >= 15 is 0 Å². The van der Waals surface area contributed by atoms with E-state index in [-0.39, 0.29) is 6.61 Å². The summed E-state index contributed by atoms with van der Waals surface area (Å²) in [6.45, 7) is 4.19. The van der Waals surface area contributed by atoms with E-state index in [1.165, 1.54) is 180 Å². The Hall–Kier alpha value is -0.910. The van der Waals surface area contributed by atoms with Crippen LogP contribution < -0.4 is 5.32 Å². The molecule has 286 valence electrons. The second-order valence-electron chi connectivity index (χ2n) is 14.9. The first kappa shape index (κ1) is 47.1. The topological polar surface area (TPSA) is 89.8 Å². The van der Waals surface area contributed by atoms with Crippen molar-refractivity contribution in [1.29, 1.82) is 0 Å². The summed E-state index contributed by atoms with van der Waals surface area (Å²) < 4.78 is 0. The third kappa shape index (κ3) is 33.6.